The van der Waals surface area contributed by atoms with E-state index in [1.54, 1.807) is 0 Å². The number of anilines is 1. The van der Waals surface area contributed by atoms with Gasteiger partial charge in [-0.3, -0.25) is 4.79 Å². The van der Waals surface area contributed by atoms with Gasteiger partial charge >= 0.3 is 12.4 Å². The van der Waals surface area contributed by atoms with Crippen molar-refractivity contribution in [3.63, 3.8) is 0 Å². The van der Waals surface area contributed by atoms with Crippen LogP contribution in [0.15, 0.2) is 48.8 Å². The predicted molar refractivity (Wildman–Crippen MR) is 105 cm³/mol. The summed E-state index contributed by atoms with van der Waals surface area (Å²) in [5.74, 6) is -1.11. The molecule has 1 amide bonds. The van der Waals surface area contributed by atoms with Gasteiger partial charge < -0.3 is 15.4 Å². The minimum atomic E-state index is -4.59. The molecule has 0 aliphatic carbocycles. The minimum Gasteiger partial charge on any atom is -0.493 e. The zero-order chi connectivity index (χ0) is 24.2. The van der Waals surface area contributed by atoms with Crippen molar-refractivity contribution >= 4 is 11.7 Å². The fourth-order valence-electron chi connectivity index (χ4n) is 2.84. The average Bonchev–Trinajstić information content (AvgIpc) is 3.20. The van der Waals surface area contributed by atoms with Crippen LogP contribution in [0, 0.1) is 0 Å². The van der Waals surface area contributed by atoms with Crippen LogP contribution < -0.4 is 15.4 Å². The molecule has 1 aromatic carbocycles. The van der Waals surface area contributed by atoms with E-state index in [-0.39, 0.29) is 36.0 Å². The number of benzene rings is 1. The fraction of sp³-hybridized carbons (Fsp3) is 0.250. The van der Waals surface area contributed by atoms with Gasteiger partial charge in [-0.1, -0.05) is 6.07 Å². The highest BCUT2D eigenvalue weighted by Crippen LogP contribution is 2.33. The van der Waals surface area contributed by atoms with Crippen molar-refractivity contribution in [3.05, 3.63) is 65.6 Å². The summed E-state index contributed by atoms with van der Waals surface area (Å²) < 4.78 is 84.0. The van der Waals surface area contributed by atoms with Crippen molar-refractivity contribution in [2.45, 2.75) is 12.4 Å². The predicted octanol–water partition coefficient (Wildman–Crippen LogP) is 4.16. The number of rotatable bonds is 7. The van der Waals surface area contributed by atoms with Crippen LogP contribution in [0.4, 0.5) is 32.2 Å². The summed E-state index contributed by atoms with van der Waals surface area (Å²) in [5, 5.41) is 8.94. The van der Waals surface area contributed by atoms with Gasteiger partial charge in [-0.05, 0) is 30.3 Å². The molecule has 0 radical (unpaired) electrons. The van der Waals surface area contributed by atoms with Gasteiger partial charge in [-0.15, -0.1) is 0 Å². The van der Waals surface area contributed by atoms with Crippen LogP contribution in [0.5, 0.6) is 5.75 Å². The van der Waals surface area contributed by atoms with E-state index in [9.17, 15) is 31.1 Å². The van der Waals surface area contributed by atoms with Crippen LogP contribution >= 0.6 is 0 Å². The molecule has 0 fully saturated rings. The molecule has 7 nitrogen and oxygen atoms in total. The maximum atomic E-state index is 13.0. The largest absolute Gasteiger partial charge is 0.493 e. The van der Waals surface area contributed by atoms with Gasteiger partial charge in [-0.2, -0.15) is 31.4 Å². The number of carbonyl (C=O) groups is 1. The summed E-state index contributed by atoms with van der Waals surface area (Å²) in [6.07, 6.45) is -6.71. The lowest BCUT2D eigenvalue weighted by atomic mass is 10.2. The van der Waals surface area contributed by atoms with Crippen molar-refractivity contribution in [3.8, 4) is 11.4 Å². The lowest BCUT2D eigenvalue weighted by Crippen LogP contribution is -2.30. The molecule has 0 unspecified atom stereocenters. The lowest BCUT2D eigenvalue weighted by molar-refractivity contribution is -0.138. The zero-order valence-corrected chi connectivity index (χ0v) is 17.0. The first-order valence-electron chi connectivity index (χ1n) is 9.36. The summed E-state index contributed by atoms with van der Waals surface area (Å²) in [5.41, 5.74) is -1.99. The van der Waals surface area contributed by atoms with Gasteiger partial charge in [0.15, 0.2) is 11.4 Å². The third-order valence-electron chi connectivity index (χ3n) is 4.37. The van der Waals surface area contributed by atoms with Crippen LogP contribution in [-0.4, -0.2) is 40.9 Å². The smallest absolute Gasteiger partial charge is 0.419 e. The Bertz CT molecular complexity index is 1130. The van der Waals surface area contributed by atoms with Crippen molar-refractivity contribution < 1.29 is 35.9 Å². The Balaban J connectivity index is 1.68. The van der Waals surface area contributed by atoms with Gasteiger partial charge in [0, 0.05) is 19.3 Å². The third-order valence-corrected chi connectivity index (χ3v) is 4.37. The molecule has 2 aromatic heterocycles. The molecular formula is C20H17F6N5O2. The first-order chi connectivity index (χ1) is 15.5. The minimum absolute atomic E-state index is 0.00181. The number of halogens is 6. The Morgan fingerprint density at radius 3 is 2.48 bits per heavy atom. The second-order valence-corrected chi connectivity index (χ2v) is 6.62. The van der Waals surface area contributed by atoms with E-state index in [1.165, 1.54) is 31.6 Å². The summed E-state index contributed by atoms with van der Waals surface area (Å²) in [4.78, 5) is 16.1. The number of carbonyl (C=O) groups excluding carboxylic acids is 1. The van der Waals surface area contributed by atoms with Crippen LogP contribution in [0.25, 0.3) is 5.69 Å². The lowest BCUT2D eigenvalue weighted by Gasteiger charge is -2.13. The summed E-state index contributed by atoms with van der Waals surface area (Å²) in [6.45, 7) is -0.172. The Kier molecular flexibility index (Phi) is 6.79. The van der Waals surface area contributed by atoms with E-state index < -0.39 is 29.4 Å². The standard InChI is InChI=1S/C20H17F6N5O2/c1-33-15-11-31(13-5-2-4-12(10-13)19(21,22)23)30-16(15)18(32)29-9-8-28-17-14(20(24,25)26)6-3-7-27-17/h2-7,10-11H,8-9H2,1H3,(H,27,28)(H,29,32). The second kappa shape index (κ2) is 9.38. The SMILES string of the molecule is COc1cn(-c2cccc(C(F)(F)F)c2)nc1C(=O)NCCNc1ncccc1C(F)(F)F. The summed E-state index contributed by atoms with van der Waals surface area (Å²) in [7, 11) is 1.26. The highest BCUT2D eigenvalue weighted by atomic mass is 19.4. The number of pyridine rings is 1. The number of nitrogens with zero attached hydrogens (tertiary/aromatic N) is 3. The third kappa shape index (κ3) is 5.73. The molecule has 2 heterocycles. The number of nitrogens with one attached hydrogen (secondary N) is 2. The van der Waals surface area contributed by atoms with E-state index >= 15 is 0 Å². The van der Waals surface area contributed by atoms with Crippen LogP contribution in [0.3, 0.4) is 0 Å². The number of methoxy groups -OCH3 is 1. The highest BCUT2D eigenvalue weighted by Gasteiger charge is 2.34. The fourth-order valence-corrected chi connectivity index (χ4v) is 2.84. The van der Waals surface area contributed by atoms with Gasteiger partial charge in [-0.25, -0.2) is 9.67 Å². The van der Waals surface area contributed by atoms with Gasteiger partial charge in [0.1, 0.15) is 5.82 Å². The maximum Gasteiger partial charge on any atom is 0.419 e. The monoisotopic (exact) mass is 473 g/mol. The molecule has 33 heavy (non-hydrogen) atoms. The molecule has 0 aliphatic heterocycles. The first-order valence-corrected chi connectivity index (χ1v) is 9.36. The van der Waals surface area contributed by atoms with E-state index in [4.69, 9.17) is 4.74 Å². The molecule has 0 saturated heterocycles. The topological polar surface area (TPSA) is 81.1 Å². The molecular weight excluding hydrogens is 456 g/mol. The van der Waals surface area contributed by atoms with E-state index in [1.807, 2.05) is 0 Å². The van der Waals surface area contributed by atoms with E-state index in [0.717, 1.165) is 28.9 Å². The van der Waals surface area contributed by atoms with Crippen LogP contribution in [0.2, 0.25) is 0 Å². The molecule has 3 rings (SSSR count). The molecule has 0 saturated carbocycles. The van der Waals surface area contributed by atoms with Crippen LogP contribution in [-0.2, 0) is 12.4 Å². The Morgan fingerprint density at radius 2 is 1.82 bits per heavy atom. The number of hydrogen-bond acceptors (Lipinski definition) is 5. The Labute approximate surface area is 183 Å². The summed E-state index contributed by atoms with van der Waals surface area (Å²) >= 11 is 0. The molecule has 2 N–H and O–H groups in total. The molecule has 0 aliphatic rings. The number of hydrogen-bond donors (Lipinski definition) is 2. The van der Waals surface area contributed by atoms with E-state index in [0.29, 0.717) is 0 Å². The van der Waals surface area contributed by atoms with Gasteiger partial charge in [0.05, 0.1) is 30.1 Å². The highest BCUT2D eigenvalue weighted by molar-refractivity contribution is 5.95. The Hall–Kier alpha value is -3.77. The van der Waals surface area contributed by atoms with Crippen molar-refractivity contribution in [2.75, 3.05) is 25.5 Å². The molecule has 13 heteroatoms. The normalized spacial score (nSPS) is 11.8. The average molecular weight is 473 g/mol. The molecule has 0 atom stereocenters. The summed E-state index contributed by atoms with van der Waals surface area (Å²) in [6, 6.07) is 6.37. The van der Waals surface area contributed by atoms with Crippen molar-refractivity contribution in [1.29, 1.82) is 0 Å². The second-order valence-electron chi connectivity index (χ2n) is 6.62. The zero-order valence-electron chi connectivity index (χ0n) is 17.0. The quantitative estimate of drug-likeness (QED) is 0.398. The molecule has 0 spiro atoms. The maximum absolute atomic E-state index is 13.0. The first kappa shape index (κ1) is 23.9. The molecule has 3 aromatic rings. The molecule has 0 bridgehead atoms. The van der Waals surface area contributed by atoms with E-state index in [2.05, 4.69) is 20.7 Å². The number of amides is 1. The van der Waals surface area contributed by atoms with Crippen LogP contribution in [0.1, 0.15) is 21.6 Å². The number of ether oxygens (including phenoxy) is 1. The van der Waals surface area contributed by atoms with Crippen molar-refractivity contribution in [2.24, 2.45) is 0 Å². The van der Waals surface area contributed by atoms with Gasteiger partial charge in [0.2, 0.25) is 0 Å². The Morgan fingerprint density at radius 1 is 1.06 bits per heavy atom. The number of alkyl halides is 6. The van der Waals surface area contributed by atoms with Gasteiger partial charge in [0.25, 0.3) is 5.91 Å². The molecule has 176 valence electrons. The number of aromatic nitrogens is 3. The van der Waals surface area contributed by atoms with Crippen molar-refractivity contribution in [1.82, 2.24) is 20.1 Å².